The molecular weight excluding hydrogens is 438 g/mol. The maximum atomic E-state index is 12.5. The van der Waals surface area contributed by atoms with Gasteiger partial charge in [-0.25, -0.2) is 0 Å². The molecule has 0 unspecified atom stereocenters. The van der Waals surface area contributed by atoms with Crippen LogP contribution in [-0.4, -0.2) is 43.8 Å². The number of fused-ring (bicyclic) bond motifs is 1. The Morgan fingerprint density at radius 3 is 2.31 bits per heavy atom. The van der Waals surface area contributed by atoms with Crippen molar-refractivity contribution in [1.82, 2.24) is 9.47 Å². The topological polar surface area (TPSA) is 82.3 Å². The van der Waals surface area contributed by atoms with Crippen LogP contribution in [0, 0.1) is 18.3 Å². The van der Waals surface area contributed by atoms with Crippen molar-refractivity contribution in [3.63, 3.8) is 0 Å². The molecule has 2 heterocycles. The summed E-state index contributed by atoms with van der Waals surface area (Å²) in [6.07, 6.45) is 2.10. The van der Waals surface area contributed by atoms with Crippen LogP contribution in [0.5, 0.6) is 5.75 Å². The Hall–Kier alpha value is -3.50. The minimum absolute atomic E-state index is 0.0353. The van der Waals surface area contributed by atoms with Gasteiger partial charge in [-0.2, -0.15) is 5.26 Å². The number of rotatable bonds is 5. The third-order valence-corrected chi connectivity index (χ3v) is 6.74. The van der Waals surface area contributed by atoms with Gasteiger partial charge in [-0.3, -0.25) is 4.79 Å². The van der Waals surface area contributed by atoms with Crippen LogP contribution in [0.4, 0.5) is 17.1 Å². The Labute approximate surface area is 208 Å². The molecule has 0 atom stereocenters. The highest BCUT2D eigenvalue weighted by atomic mass is 16.5. The number of anilines is 3. The molecule has 1 aromatic heterocycles. The zero-order valence-corrected chi connectivity index (χ0v) is 22.0. The number of methoxy groups -OCH3 is 1. The van der Waals surface area contributed by atoms with Gasteiger partial charge in [0.25, 0.3) is 5.56 Å². The van der Waals surface area contributed by atoms with Gasteiger partial charge in [-0.15, -0.1) is 0 Å². The Bertz CT molecular complexity index is 1300. The molecule has 0 radical (unpaired) electrons. The number of hydrogen-bond acceptors (Lipinski definition) is 6. The Morgan fingerprint density at radius 2 is 1.71 bits per heavy atom. The molecule has 0 saturated carbocycles. The van der Waals surface area contributed by atoms with E-state index in [1.807, 2.05) is 52.1 Å². The van der Waals surface area contributed by atoms with Gasteiger partial charge in [0.15, 0.2) is 0 Å². The van der Waals surface area contributed by atoms with Gasteiger partial charge in [-0.1, -0.05) is 13.8 Å². The van der Waals surface area contributed by atoms with Crippen LogP contribution >= 0.6 is 0 Å². The van der Waals surface area contributed by atoms with Gasteiger partial charge in [0.05, 0.1) is 41.3 Å². The van der Waals surface area contributed by atoms with Gasteiger partial charge in [0, 0.05) is 37.2 Å². The van der Waals surface area contributed by atoms with Crippen LogP contribution in [0.2, 0.25) is 0 Å². The molecule has 4 rings (SSSR count). The normalized spacial score (nSPS) is 14.1. The first-order chi connectivity index (χ1) is 16.9. The lowest BCUT2D eigenvalue weighted by atomic mass is 9.86. The average molecular weight is 476 g/mol. The zero-order valence-electron chi connectivity index (χ0n) is 22.0. The fourth-order valence-electron chi connectivity index (χ4n) is 4.74. The second-order valence-corrected chi connectivity index (χ2v) is 8.85. The first kappa shape index (κ1) is 26.1. The summed E-state index contributed by atoms with van der Waals surface area (Å²) in [7, 11) is 7.41. The van der Waals surface area contributed by atoms with E-state index in [-0.39, 0.29) is 5.56 Å². The van der Waals surface area contributed by atoms with Crippen molar-refractivity contribution >= 4 is 28.0 Å². The summed E-state index contributed by atoms with van der Waals surface area (Å²) >= 11 is 0. The highest BCUT2D eigenvalue weighted by Gasteiger charge is 2.23. The molecule has 2 N–H and O–H groups in total. The molecule has 186 valence electrons. The molecule has 1 saturated heterocycles. The van der Waals surface area contributed by atoms with Crippen molar-refractivity contribution in [2.24, 2.45) is 7.05 Å². The third-order valence-electron chi connectivity index (χ3n) is 6.74. The van der Waals surface area contributed by atoms with E-state index in [1.165, 1.54) is 0 Å². The number of nitrogens with one attached hydrogen (secondary N) is 2. The largest absolute Gasteiger partial charge is 0.497 e. The molecule has 1 aliphatic rings. The molecule has 7 nitrogen and oxygen atoms in total. The third kappa shape index (κ3) is 5.28. The number of ether oxygens (including phenoxy) is 1. The highest BCUT2D eigenvalue weighted by Crippen LogP contribution is 2.38. The summed E-state index contributed by atoms with van der Waals surface area (Å²) in [5.41, 5.74) is 5.77. The van der Waals surface area contributed by atoms with Gasteiger partial charge >= 0.3 is 0 Å². The molecule has 1 aliphatic heterocycles. The minimum atomic E-state index is -0.0353. The zero-order chi connectivity index (χ0) is 25.7. The van der Waals surface area contributed by atoms with Crippen molar-refractivity contribution in [1.29, 1.82) is 5.26 Å². The standard InChI is InChI=1S/C26H31N5O2.C2H6/c1-16-10-21-22(12-19(33-5)13-25(21)31(4)26(16)32)29-24-11-18(15-27)20(14-23(24)28-2)17-6-8-30(3)9-7-17;1-2/h10-14,17,28-29H,6-9H2,1-5H3;1-2H3. The van der Waals surface area contributed by atoms with Crippen molar-refractivity contribution in [2.75, 3.05) is 44.9 Å². The van der Waals surface area contributed by atoms with E-state index < -0.39 is 0 Å². The number of aryl methyl sites for hydroxylation is 2. The lowest BCUT2D eigenvalue weighted by molar-refractivity contribution is 0.255. The van der Waals surface area contributed by atoms with Gasteiger partial charge < -0.3 is 24.8 Å². The molecule has 7 heteroatoms. The number of hydrogen-bond donors (Lipinski definition) is 2. The molecule has 3 aromatic rings. The fourth-order valence-corrected chi connectivity index (χ4v) is 4.74. The number of aromatic nitrogens is 1. The van der Waals surface area contributed by atoms with E-state index in [0.717, 1.165) is 59.5 Å². The summed E-state index contributed by atoms with van der Waals surface area (Å²) in [5.74, 6) is 1.03. The van der Waals surface area contributed by atoms with Gasteiger partial charge in [0.1, 0.15) is 5.75 Å². The van der Waals surface area contributed by atoms with E-state index in [2.05, 4.69) is 34.7 Å². The number of nitriles is 1. The van der Waals surface area contributed by atoms with Crippen molar-refractivity contribution in [2.45, 2.75) is 39.5 Å². The quantitative estimate of drug-likeness (QED) is 0.518. The van der Waals surface area contributed by atoms with Crippen LogP contribution < -0.4 is 20.9 Å². The Balaban J connectivity index is 0.00000167. The second kappa shape index (κ2) is 11.3. The van der Waals surface area contributed by atoms with E-state index >= 15 is 0 Å². The molecule has 1 fully saturated rings. The molecule has 2 aromatic carbocycles. The summed E-state index contributed by atoms with van der Waals surface area (Å²) in [5, 5.41) is 17.7. The smallest absolute Gasteiger partial charge is 0.253 e. The molecule has 0 aliphatic carbocycles. The van der Waals surface area contributed by atoms with Crippen LogP contribution in [0.3, 0.4) is 0 Å². The van der Waals surface area contributed by atoms with Crippen molar-refractivity contribution in [3.05, 3.63) is 57.4 Å². The highest BCUT2D eigenvalue weighted by molar-refractivity contribution is 5.96. The predicted octanol–water partition coefficient (Wildman–Crippen LogP) is 5.35. The number of nitrogens with zero attached hydrogens (tertiary/aromatic N) is 3. The first-order valence-electron chi connectivity index (χ1n) is 12.3. The lowest BCUT2D eigenvalue weighted by Gasteiger charge is -2.30. The van der Waals surface area contributed by atoms with Crippen LogP contribution in [0.15, 0.2) is 35.1 Å². The average Bonchev–Trinajstić information content (AvgIpc) is 2.89. The van der Waals surface area contributed by atoms with E-state index in [0.29, 0.717) is 22.8 Å². The summed E-state index contributed by atoms with van der Waals surface area (Å²) in [6, 6.07) is 12.1. The summed E-state index contributed by atoms with van der Waals surface area (Å²) in [6.45, 7) is 7.90. The monoisotopic (exact) mass is 475 g/mol. The van der Waals surface area contributed by atoms with Crippen molar-refractivity contribution in [3.8, 4) is 11.8 Å². The molecular formula is C28H37N5O2. The molecule has 0 amide bonds. The van der Waals surface area contributed by atoms with Crippen LogP contribution in [0.1, 0.15) is 49.3 Å². The lowest BCUT2D eigenvalue weighted by Crippen LogP contribution is -2.29. The number of benzene rings is 2. The number of piperidine rings is 1. The number of likely N-dealkylation sites (tertiary alicyclic amines) is 1. The number of pyridine rings is 1. The van der Waals surface area contributed by atoms with Crippen LogP contribution in [-0.2, 0) is 7.05 Å². The maximum absolute atomic E-state index is 12.5. The Kier molecular flexibility index (Phi) is 8.42. The summed E-state index contributed by atoms with van der Waals surface area (Å²) in [4.78, 5) is 14.8. The van der Waals surface area contributed by atoms with Gasteiger partial charge in [0.2, 0.25) is 0 Å². The Morgan fingerprint density at radius 1 is 1.03 bits per heavy atom. The predicted molar refractivity (Wildman–Crippen MR) is 145 cm³/mol. The van der Waals surface area contributed by atoms with Gasteiger partial charge in [-0.05, 0) is 69.6 Å². The molecule has 0 bridgehead atoms. The van der Waals surface area contributed by atoms with E-state index in [4.69, 9.17) is 4.74 Å². The van der Waals surface area contributed by atoms with Crippen molar-refractivity contribution < 1.29 is 4.74 Å². The fraction of sp³-hybridized carbons (Fsp3) is 0.429. The minimum Gasteiger partial charge on any atom is -0.497 e. The molecule has 35 heavy (non-hydrogen) atoms. The maximum Gasteiger partial charge on any atom is 0.253 e. The second-order valence-electron chi connectivity index (χ2n) is 8.85. The molecule has 0 spiro atoms. The van der Waals surface area contributed by atoms with E-state index in [9.17, 15) is 10.1 Å². The summed E-state index contributed by atoms with van der Waals surface area (Å²) < 4.78 is 7.15. The first-order valence-corrected chi connectivity index (χ1v) is 12.3. The van der Waals surface area contributed by atoms with Crippen LogP contribution in [0.25, 0.3) is 10.9 Å². The SMILES string of the molecule is CC.CNc1cc(C2CCN(C)CC2)c(C#N)cc1Nc1cc(OC)cc2c1cc(C)c(=O)n2C. The van der Waals surface area contributed by atoms with E-state index in [1.54, 1.807) is 18.7 Å².